The second-order valence-corrected chi connectivity index (χ2v) is 7.59. The number of benzene rings is 1. The van der Waals surface area contributed by atoms with Crippen molar-refractivity contribution in [2.75, 3.05) is 12.5 Å². The molecular weight excluding hydrogens is 354 g/mol. The molecule has 3 heterocycles. The minimum atomic E-state index is 0.123. The zero-order chi connectivity index (χ0) is 18.1. The molecule has 2 aromatic rings. The molecule has 0 aliphatic carbocycles. The average Bonchev–Trinajstić information content (AvgIpc) is 3.28. The molecule has 2 aliphatic rings. The lowest BCUT2D eigenvalue weighted by Gasteiger charge is -2.39. The van der Waals surface area contributed by atoms with Crippen LogP contribution in [0.25, 0.3) is 11.5 Å². The van der Waals surface area contributed by atoms with Gasteiger partial charge in [-0.05, 0) is 51.3 Å². The van der Waals surface area contributed by atoms with Crippen LogP contribution in [-0.2, 0) is 4.79 Å². The second kappa shape index (κ2) is 7.19. The third-order valence-electron chi connectivity index (χ3n) is 4.83. The topological polar surface area (TPSA) is 77.7 Å². The molecule has 26 heavy (non-hydrogen) atoms. The SMILES string of the molecule is CC1CCCC(C)N1C(=O)CSc1nnc(-c2ccc3c(c2)OCO3)o1. The Morgan fingerprint density at radius 3 is 2.77 bits per heavy atom. The van der Waals surface area contributed by atoms with Gasteiger partial charge in [-0.2, -0.15) is 0 Å². The maximum Gasteiger partial charge on any atom is 0.277 e. The molecule has 2 aliphatic heterocycles. The fourth-order valence-corrected chi connectivity index (χ4v) is 4.16. The van der Waals surface area contributed by atoms with E-state index in [1.165, 1.54) is 18.2 Å². The lowest BCUT2D eigenvalue weighted by molar-refractivity contribution is -0.134. The Kier molecular flexibility index (Phi) is 4.76. The first kappa shape index (κ1) is 17.2. The van der Waals surface area contributed by atoms with Crippen LogP contribution in [0.5, 0.6) is 11.5 Å². The lowest BCUT2D eigenvalue weighted by Crippen LogP contribution is -2.48. The molecule has 1 aromatic carbocycles. The fraction of sp³-hybridized carbons (Fsp3) is 0.500. The first-order chi connectivity index (χ1) is 12.6. The Bertz CT molecular complexity index is 799. The number of likely N-dealkylation sites (tertiary alicyclic amines) is 1. The van der Waals surface area contributed by atoms with Gasteiger partial charge in [0, 0.05) is 17.6 Å². The van der Waals surface area contributed by atoms with Crippen LogP contribution in [0.2, 0.25) is 0 Å². The van der Waals surface area contributed by atoms with Gasteiger partial charge < -0.3 is 18.8 Å². The molecule has 0 spiro atoms. The number of rotatable bonds is 4. The number of hydrogen-bond acceptors (Lipinski definition) is 7. The molecule has 7 nitrogen and oxygen atoms in total. The highest BCUT2D eigenvalue weighted by atomic mass is 32.2. The van der Waals surface area contributed by atoms with Gasteiger partial charge in [0.05, 0.1) is 5.75 Å². The molecule has 1 amide bonds. The van der Waals surface area contributed by atoms with E-state index < -0.39 is 0 Å². The lowest BCUT2D eigenvalue weighted by atomic mass is 9.98. The van der Waals surface area contributed by atoms with E-state index in [1.54, 1.807) is 0 Å². The van der Waals surface area contributed by atoms with Gasteiger partial charge in [-0.1, -0.05) is 11.8 Å². The summed E-state index contributed by atoms with van der Waals surface area (Å²) >= 11 is 1.28. The van der Waals surface area contributed by atoms with E-state index in [2.05, 4.69) is 24.0 Å². The van der Waals surface area contributed by atoms with Crippen molar-refractivity contribution in [3.63, 3.8) is 0 Å². The third-order valence-corrected chi connectivity index (χ3v) is 5.63. The van der Waals surface area contributed by atoms with Crippen molar-refractivity contribution in [3.05, 3.63) is 18.2 Å². The van der Waals surface area contributed by atoms with Crippen molar-refractivity contribution < 1.29 is 18.7 Å². The van der Waals surface area contributed by atoms with Gasteiger partial charge in [0.2, 0.25) is 18.6 Å². The number of carbonyl (C=O) groups excluding carboxylic acids is 1. The standard InChI is InChI=1S/C18H21N3O4S/c1-11-4-3-5-12(2)21(11)16(22)9-26-18-20-19-17(25-18)13-6-7-14-15(8-13)24-10-23-14/h6-8,11-12H,3-5,9-10H2,1-2H3. The highest BCUT2D eigenvalue weighted by molar-refractivity contribution is 7.99. The molecule has 138 valence electrons. The summed E-state index contributed by atoms with van der Waals surface area (Å²) in [7, 11) is 0. The van der Waals surface area contributed by atoms with Crippen molar-refractivity contribution in [1.29, 1.82) is 0 Å². The fourth-order valence-electron chi connectivity index (χ4n) is 3.53. The highest BCUT2D eigenvalue weighted by Gasteiger charge is 2.29. The number of carbonyl (C=O) groups is 1. The second-order valence-electron chi connectivity index (χ2n) is 6.66. The number of nitrogens with zero attached hydrogens (tertiary/aromatic N) is 3. The molecule has 0 radical (unpaired) electrons. The van der Waals surface area contributed by atoms with Gasteiger partial charge in [-0.15, -0.1) is 10.2 Å². The highest BCUT2D eigenvalue weighted by Crippen LogP contribution is 2.36. The Balaban J connectivity index is 1.40. The first-order valence-corrected chi connectivity index (χ1v) is 9.78. The Labute approximate surface area is 156 Å². The predicted molar refractivity (Wildman–Crippen MR) is 96.2 cm³/mol. The molecule has 0 N–H and O–H groups in total. The van der Waals surface area contributed by atoms with E-state index in [-0.39, 0.29) is 12.7 Å². The van der Waals surface area contributed by atoms with Gasteiger partial charge in [0.1, 0.15) is 0 Å². The van der Waals surface area contributed by atoms with E-state index in [4.69, 9.17) is 13.9 Å². The zero-order valence-corrected chi connectivity index (χ0v) is 15.6. The zero-order valence-electron chi connectivity index (χ0n) is 14.8. The van der Waals surface area contributed by atoms with Crippen LogP contribution >= 0.6 is 11.8 Å². The summed E-state index contributed by atoms with van der Waals surface area (Å²) in [6, 6.07) is 6.05. The average molecular weight is 375 g/mol. The van der Waals surface area contributed by atoms with Crippen molar-refractivity contribution in [2.24, 2.45) is 0 Å². The minimum absolute atomic E-state index is 0.123. The maximum absolute atomic E-state index is 12.6. The summed E-state index contributed by atoms with van der Waals surface area (Å²) in [4.78, 5) is 14.6. The van der Waals surface area contributed by atoms with Gasteiger partial charge in [-0.25, -0.2) is 0 Å². The van der Waals surface area contributed by atoms with Crippen LogP contribution in [0.15, 0.2) is 27.8 Å². The number of piperidine rings is 1. The quantitative estimate of drug-likeness (QED) is 0.758. The summed E-state index contributed by atoms with van der Waals surface area (Å²) in [5.74, 6) is 2.20. The number of hydrogen-bond donors (Lipinski definition) is 0. The van der Waals surface area contributed by atoms with Gasteiger partial charge in [-0.3, -0.25) is 4.79 Å². The van der Waals surface area contributed by atoms with E-state index in [0.717, 1.165) is 18.4 Å². The van der Waals surface area contributed by atoms with Gasteiger partial charge in [0.25, 0.3) is 5.22 Å². The molecular formula is C18H21N3O4S. The first-order valence-electron chi connectivity index (χ1n) is 8.79. The summed E-state index contributed by atoms with van der Waals surface area (Å²) < 4.78 is 16.4. The van der Waals surface area contributed by atoms with Crippen LogP contribution in [0, 0.1) is 0 Å². The van der Waals surface area contributed by atoms with Crippen LogP contribution in [0.4, 0.5) is 0 Å². The summed E-state index contributed by atoms with van der Waals surface area (Å²) in [5, 5.41) is 8.51. The molecule has 1 fully saturated rings. The molecule has 8 heteroatoms. The number of ether oxygens (including phenoxy) is 2. The maximum atomic E-state index is 12.6. The molecule has 0 saturated carbocycles. The molecule has 1 aromatic heterocycles. The Morgan fingerprint density at radius 2 is 1.96 bits per heavy atom. The molecule has 2 unspecified atom stereocenters. The van der Waals surface area contributed by atoms with Crippen LogP contribution < -0.4 is 9.47 Å². The van der Waals surface area contributed by atoms with Crippen LogP contribution in [0.1, 0.15) is 33.1 Å². The largest absolute Gasteiger partial charge is 0.454 e. The summed E-state index contributed by atoms with van der Waals surface area (Å²) in [6.45, 7) is 4.45. The van der Waals surface area contributed by atoms with Crippen molar-refractivity contribution >= 4 is 17.7 Å². The monoisotopic (exact) mass is 375 g/mol. The molecule has 1 saturated heterocycles. The predicted octanol–water partition coefficient (Wildman–Crippen LogP) is 3.35. The van der Waals surface area contributed by atoms with Crippen LogP contribution in [0.3, 0.4) is 0 Å². The number of aromatic nitrogens is 2. The Hall–Kier alpha value is -2.22. The summed E-state index contributed by atoms with van der Waals surface area (Å²) in [6.07, 6.45) is 3.31. The molecule has 2 atom stereocenters. The smallest absolute Gasteiger partial charge is 0.277 e. The minimum Gasteiger partial charge on any atom is -0.454 e. The molecule has 0 bridgehead atoms. The van der Waals surface area contributed by atoms with Crippen molar-refractivity contribution in [2.45, 2.75) is 50.4 Å². The number of amides is 1. The van der Waals surface area contributed by atoms with Crippen molar-refractivity contribution in [3.8, 4) is 23.0 Å². The van der Waals surface area contributed by atoms with Crippen LogP contribution in [-0.4, -0.2) is 45.6 Å². The number of fused-ring (bicyclic) bond motifs is 1. The molecule has 4 rings (SSSR count). The Morgan fingerprint density at radius 1 is 1.19 bits per heavy atom. The van der Waals surface area contributed by atoms with E-state index in [0.29, 0.717) is 40.4 Å². The van der Waals surface area contributed by atoms with Gasteiger partial charge in [0.15, 0.2) is 11.5 Å². The summed E-state index contributed by atoms with van der Waals surface area (Å²) in [5.41, 5.74) is 0.762. The van der Waals surface area contributed by atoms with E-state index in [1.807, 2.05) is 23.1 Å². The van der Waals surface area contributed by atoms with Gasteiger partial charge >= 0.3 is 0 Å². The number of thioether (sulfide) groups is 1. The van der Waals surface area contributed by atoms with Crippen molar-refractivity contribution in [1.82, 2.24) is 15.1 Å². The van der Waals surface area contributed by atoms with E-state index >= 15 is 0 Å². The third kappa shape index (κ3) is 3.38. The normalized spacial score (nSPS) is 21.8. The van der Waals surface area contributed by atoms with E-state index in [9.17, 15) is 4.79 Å².